The Morgan fingerprint density at radius 1 is 1.18 bits per heavy atom. The second kappa shape index (κ2) is 8.72. The maximum atomic E-state index is 15.1. The smallest absolute Gasteiger partial charge is 0.367 e. The van der Waals surface area contributed by atoms with Gasteiger partial charge in [-0.05, 0) is 86.7 Å². The number of rotatable bonds is 4. The standard InChI is InChI=1S/C29H45FO3Si/c1-9-32-26(31)25(30)24-13-12-22-21-11-10-19-18-20(33-34(7,8)27(2,3)4)14-16-28(19,5)23(21)15-17-29(22,24)6/h10,12-13,20-23H,9,11,14-18H2,1-8H3/t20-,21?,22?,23?,28-,29-/m0/s1. The van der Waals surface area contributed by atoms with Crippen molar-refractivity contribution in [3.05, 3.63) is 35.2 Å². The second-order valence-electron chi connectivity index (χ2n) is 13.2. The van der Waals surface area contributed by atoms with E-state index in [9.17, 15) is 4.79 Å². The van der Waals surface area contributed by atoms with Crippen molar-refractivity contribution in [2.24, 2.45) is 28.6 Å². The van der Waals surface area contributed by atoms with Gasteiger partial charge in [0.25, 0.3) is 0 Å². The van der Waals surface area contributed by atoms with E-state index in [4.69, 9.17) is 9.16 Å². The van der Waals surface area contributed by atoms with Crippen LogP contribution in [-0.4, -0.2) is 27.0 Å². The Morgan fingerprint density at radius 3 is 2.50 bits per heavy atom. The zero-order valence-corrected chi connectivity index (χ0v) is 23.6. The van der Waals surface area contributed by atoms with Crippen molar-refractivity contribution in [2.45, 2.75) is 104 Å². The van der Waals surface area contributed by atoms with E-state index in [1.54, 1.807) is 12.5 Å². The number of hydrogen-bond acceptors (Lipinski definition) is 3. The molecule has 4 aliphatic rings. The Morgan fingerprint density at radius 2 is 1.85 bits per heavy atom. The van der Waals surface area contributed by atoms with Gasteiger partial charge in [0, 0.05) is 17.1 Å². The minimum absolute atomic E-state index is 0.195. The average molecular weight is 489 g/mol. The number of esters is 1. The zero-order valence-electron chi connectivity index (χ0n) is 22.6. The van der Waals surface area contributed by atoms with Gasteiger partial charge in [-0.15, -0.1) is 0 Å². The molecule has 5 heteroatoms. The molecule has 190 valence electrons. The van der Waals surface area contributed by atoms with Crippen LogP contribution >= 0.6 is 0 Å². The molecule has 0 saturated heterocycles. The molecule has 34 heavy (non-hydrogen) atoms. The van der Waals surface area contributed by atoms with Gasteiger partial charge in [0.05, 0.1) is 6.61 Å². The highest BCUT2D eigenvalue weighted by molar-refractivity contribution is 6.74. The summed E-state index contributed by atoms with van der Waals surface area (Å²) in [6.45, 7) is 18.2. The van der Waals surface area contributed by atoms with Crippen molar-refractivity contribution in [1.29, 1.82) is 0 Å². The summed E-state index contributed by atoms with van der Waals surface area (Å²) < 4.78 is 26.9. The predicted octanol–water partition coefficient (Wildman–Crippen LogP) is 7.90. The first-order chi connectivity index (χ1) is 15.7. The van der Waals surface area contributed by atoms with Crippen molar-refractivity contribution in [2.75, 3.05) is 6.61 Å². The van der Waals surface area contributed by atoms with E-state index in [1.807, 2.05) is 6.08 Å². The van der Waals surface area contributed by atoms with E-state index in [-0.39, 0.29) is 28.4 Å². The Bertz CT molecular complexity index is 926. The number of ether oxygens (including phenoxy) is 1. The minimum Gasteiger partial charge on any atom is -0.461 e. The van der Waals surface area contributed by atoms with E-state index in [1.165, 1.54) is 6.42 Å². The summed E-state index contributed by atoms with van der Waals surface area (Å²) in [6, 6.07) is 0. The lowest BCUT2D eigenvalue weighted by Crippen LogP contribution is -2.51. The van der Waals surface area contributed by atoms with Gasteiger partial charge in [0.2, 0.25) is 5.83 Å². The molecule has 6 atom stereocenters. The van der Waals surface area contributed by atoms with E-state index < -0.39 is 20.1 Å². The maximum Gasteiger partial charge on any atom is 0.367 e. The first kappa shape index (κ1) is 25.9. The van der Waals surface area contributed by atoms with Gasteiger partial charge in [0.1, 0.15) is 0 Å². The van der Waals surface area contributed by atoms with E-state index >= 15 is 4.39 Å². The lowest BCUT2D eigenvalue weighted by molar-refractivity contribution is -0.140. The van der Waals surface area contributed by atoms with Gasteiger partial charge in [-0.2, -0.15) is 4.39 Å². The predicted molar refractivity (Wildman–Crippen MR) is 138 cm³/mol. The Balaban J connectivity index is 1.55. The zero-order chi connectivity index (χ0) is 25.1. The highest BCUT2D eigenvalue weighted by atomic mass is 28.4. The monoisotopic (exact) mass is 488 g/mol. The molecule has 4 rings (SSSR count). The molecule has 0 heterocycles. The van der Waals surface area contributed by atoms with Crippen molar-refractivity contribution in [3.8, 4) is 0 Å². The fourth-order valence-corrected chi connectivity index (χ4v) is 8.65. The van der Waals surface area contributed by atoms with Gasteiger partial charge in [-0.25, -0.2) is 4.79 Å². The molecule has 3 nitrogen and oxygen atoms in total. The average Bonchev–Trinajstić information content (AvgIpc) is 3.09. The van der Waals surface area contributed by atoms with Crippen LogP contribution in [0.25, 0.3) is 0 Å². The molecule has 3 unspecified atom stereocenters. The van der Waals surface area contributed by atoms with Crippen molar-refractivity contribution in [3.63, 3.8) is 0 Å². The van der Waals surface area contributed by atoms with Gasteiger partial charge in [-0.1, -0.05) is 58.4 Å². The molecule has 0 aliphatic heterocycles. The first-order valence-electron chi connectivity index (χ1n) is 13.4. The quantitative estimate of drug-likeness (QED) is 0.175. The third-order valence-corrected chi connectivity index (χ3v) is 14.9. The SMILES string of the molecule is CCOC(=O)C(F)=C1C=CC2C3CC=C4C[C@@H](O[Si](C)(C)C(C)(C)C)CC[C@]4(C)C3CC[C@]12C. The Hall–Kier alpha value is -1.20. The van der Waals surface area contributed by atoms with Crippen LogP contribution in [0.3, 0.4) is 0 Å². The molecular formula is C29H45FO3Si. The number of halogens is 1. The number of allylic oxidation sites excluding steroid dienone is 4. The van der Waals surface area contributed by atoms with Crippen LogP contribution in [0.2, 0.25) is 18.1 Å². The van der Waals surface area contributed by atoms with Gasteiger partial charge in [-0.3, -0.25) is 0 Å². The number of carbonyl (C=O) groups excluding carboxylic acids is 1. The van der Waals surface area contributed by atoms with Gasteiger partial charge < -0.3 is 9.16 Å². The molecule has 0 aromatic rings. The summed E-state index contributed by atoms with van der Waals surface area (Å²) >= 11 is 0. The fraction of sp³-hybridized carbons (Fsp3) is 0.759. The van der Waals surface area contributed by atoms with Crippen LogP contribution in [0.15, 0.2) is 35.2 Å². The van der Waals surface area contributed by atoms with Crippen molar-refractivity contribution < 1.29 is 18.3 Å². The molecule has 0 N–H and O–H groups in total. The highest BCUT2D eigenvalue weighted by Crippen LogP contribution is 2.65. The lowest BCUT2D eigenvalue weighted by Gasteiger charge is -2.57. The summed E-state index contributed by atoms with van der Waals surface area (Å²) in [5.74, 6) is -0.132. The highest BCUT2D eigenvalue weighted by Gasteiger charge is 2.57. The topological polar surface area (TPSA) is 35.5 Å². The van der Waals surface area contributed by atoms with Crippen LogP contribution in [-0.2, 0) is 14.0 Å². The number of carbonyl (C=O) groups is 1. The molecule has 2 saturated carbocycles. The Kier molecular flexibility index (Phi) is 6.64. The fourth-order valence-electron chi connectivity index (χ4n) is 7.26. The molecule has 0 bridgehead atoms. The molecule has 4 aliphatic carbocycles. The second-order valence-corrected chi connectivity index (χ2v) is 17.9. The summed E-state index contributed by atoms with van der Waals surface area (Å²) in [6.07, 6.45) is 13.3. The lowest BCUT2D eigenvalue weighted by atomic mass is 9.47. The van der Waals surface area contributed by atoms with Crippen LogP contribution in [0.5, 0.6) is 0 Å². The number of hydrogen-bond donors (Lipinski definition) is 0. The molecule has 0 spiro atoms. The van der Waals surface area contributed by atoms with Crippen LogP contribution in [0, 0.1) is 28.6 Å². The van der Waals surface area contributed by atoms with E-state index in [0.717, 1.165) is 32.1 Å². The van der Waals surface area contributed by atoms with E-state index in [0.29, 0.717) is 23.5 Å². The third-order valence-electron chi connectivity index (χ3n) is 10.4. The van der Waals surface area contributed by atoms with Crippen molar-refractivity contribution >= 4 is 14.3 Å². The molecule has 0 aromatic carbocycles. The Labute approximate surface area is 207 Å². The molecule has 0 aromatic heterocycles. The first-order valence-corrected chi connectivity index (χ1v) is 16.3. The minimum atomic E-state index is -1.78. The van der Waals surface area contributed by atoms with Gasteiger partial charge in [0.15, 0.2) is 8.32 Å². The van der Waals surface area contributed by atoms with Crippen LogP contribution in [0.1, 0.15) is 80.1 Å². The van der Waals surface area contributed by atoms with Crippen molar-refractivity contribution in [1.82, 2.24) is 0 Å². The maximum absolute atomic E-state index is 15.1. The normalized spacial score (nSPS) is 39.0. The number of fused-ring (bicyclic) bond motifs is 5. The molecule has 2 fully saturated rings. The van der Waals surface area contributed by atoms with Crippen LogP contribution < -0.4 is 0 Å². The van der Waals surface area contributed by atoms with Gasteiger partial charge >= 0.3 is 5.97 Å². The summed E-state index contributed by atoms with van der Waals surface area (Å²) in [5, 5.41) is 0.229. The molecule has 0 radical (unpaired) electrons. The molecule has 0 amide bonds. The molecular weight excluding hydrogens is 443 g/mol. The largest absolute Gasteiger partial charge is 0.461 e. The summed E-state index contributed by atoms with van der Waals surface area (Å²) in [5.41, 5.74) is 2.04. The summed E-state index contributed by atoms with van der Waals surface area (Å²) in [4.78, 5) is 12.2. The summed E-state index contributed by atoms with van der Waals surface area (Å²) in [7, 11) is -1.78. The third kappa shape index (κ3) is 4.09. The van der Waals surface area contributed by atoms with E-state index in [2.05, 4.69) is 59.9 Å². The van der Waals surface area contributed by atoms with Crippen LogP contribution in [0.4, 0.5) is 4.39 Å².